The van der Waals surface area contributed by atoms with Crippen LogP contribution in [-0.2, 0) is 4.84 Å². The Kier molecular flexibility index (Phi) is 4.01. The molecule has 2 rings (SSSR count). The van der Waals surface area contributed by atoms with Gasteiger partial charge in [-0.15, -0.1) is 0 Å². The third-order valence-electron chi connectivity index (χ3n) is 3.56. The van der Waals surface area contributed by atoms with Crippen LogP contribution >= 0.6 is 0 Å². The topological polar surface area (TPSA) is 67.6 Å². The molecule has 2 aliphatic rings. The summed E-state index contributed by atoms with van der Waals surface area (Å²) in [5.74, 6) is 5.12. The number of nitrogens with two attached hydrogens (primary N) is 1. The van der Waals surface area contributed by atoms with Gasteiger partial charge in [0.05, 0.1) is 12.6 Å². The molecule has 5 nitrogen and oxygen atoms in total. The summed E-state index contributed by atoms with van der Waals surface area (Å²) in [6, 6.07) is 0.422. The molecule has 1 aliphatic heterocycles. The Morgan fingerprint density at radius 3 is 2.62 bits per heavy atom. The maximum absolute atomic E-state index is 11.9. The summed E-state index contributed by atoms with van der Waals surface area (Å²) >= 11 is 0. The number of rotatable bonds is 2. The first-order valence-corrected chi connectivity index (χ1v) is 6.20. The van der Waals surface area contributed by atoms with Gasteiger partial charge >= 0.3 is 6.03 Å². The standard InChI is InChI=1S/C11H21N3O2/c12-16-10-6-7-14(8-10)11(15)13-9-4-2-1-3-5-9/h9-10H,1-8,12H2,(H,13,15). The van der Waals surface area contributed by atoms with Gasteiger partial charge in [-0.1, -0.05) is 19.3 Å². The summed E-state index contributed by atoms with van der Waals surface area (Å²) in [6.07, 6.45) is 6.87. The number of nitrogens with one attached hydrogen (secondary N) is 1. The minimum Gasteiger partial charge on any atom is -0.335 e. The average Bonchev–Trinajstić information content (AvgIpc) is 2.79. The van der Waals surface area contributed by atoms with Crippen molar-refractivity contribution in [2.75, 3.05) is 13.1 Å². The molecule has 1 aliphatic carbocycles. The van der Waals surface area contributed by atoms with Gasteiger partial charge < -0.3 is 10.2 Å². The zero-order chi connectivity index (χ0) is 11.4. The molecule has 1 saturated carbocycles. The van der Waals surface area contributed by atoms with Crippen LogP contribution in [0.15, 0.2) is 0 Å². The fraction of sp³-hybridized carbons (Fsp3) is 0.909. The zero-order valence-corrected chi connectivity index (χ0v) is 9.65. The van der Waals surface area contributed by atoms with E-state index in [0.29, 0.717) is 12.6 Å². The minimum absolute atomic E-state index is 0.0112. The van der Waals surface area contributed by atoms with E-state index in [4.69, 9.17) is 10.7 Å². The lowest BCUT2D eigenvalue weighted by molar-refractivity contribution is 0.0615. The van der Waals surface area contributed by atoms with Crippen LogP contribution in [0.3, 0.4) is 0 Å². The van der Waals surface area contributed by atoms with E-state index in [1.165, 1.54) is 19.3 Å². The SMILES string of the molecule is NOC1CCN(C(=O)NC2CCCCC2)C1. The number of hydrogen-bond donors (Lipinski definition) is 2. The lowest BCUT2D eigenvalue weighted by atomic mass is 9.96. The van der Waals surface area contributed by atoms with Gasteiger partial charge in [-0.2, -0.15) is 0 Å². The molecule has 0 aromatic heterocycles. The first kappa shape index (κ1) is 11.7. The van der Waals surface area contributed by atoms with Crippen molar-refractivity contribution in [3.8, 4) is 0 Å². The third-order valence-corrected chi connectivity index (χ3v) is 3.56. The van der Waals surface area contributed by atoms with E-state index < -0.39 is 0 Å². The van der Waals surface area contributed by atoms with E-state index in [0.717, 1.165) is 25.8 Å². The predicted molar refractivity (Wildman–Crippen MR) is 60.7 cm³/mol. The summed E-state index contributed by atoms with van der Waals surface area (Å²) in [5.41, 5.74) is 0. The van der Waals surface area contributed by atoms with Gasteiger partial charge in [0.2, 0.25) is 0 Å². The van der Waals surface area contributed by atoms with E-state index in [1.807, 2.05) is 0 Å². The summed E-state index contributed by atoms with van der Waals surface area (Å²) in [7, 11) is 0. The van der Waals surface area contributed by atoms with Gasteiger partial charge in [0, 0.05) is 12.6 Å². The molecule has 1 saturated heterocycles. The van der Waals surface area contributed by atoms with Gasteiger partial charge in [0.15, 0.2) is 0 Å². The van der Waals surface area contributed by atoms with Crippen molar-refractivity contribution >= 4 is 6.03 Å². The average molecular weight is 227 g/mol. The van der Waals surface area contributed by atoms with Crippen molar-refractivity contribution in [2.24, 2.45) is 5.90 Å². The van der Waals surface area contributed by atoms with Crippen molar-refractivity contribution in [2.45, 2.75) is 50.7 Å². The van der Waals surface area contributed by atoms with Crippen LogP contribution in [0.5, 0.6) is 0 Å². The Morgan fingerprint density at radius 1 is 1.25 bits per heavy atom. The van der Waals surface area contributed by atoms with Crippen molar-refractivity contribution in [1.29, 1.82) is 0 Å². The molecule has 3 N–H and O–H groups in total. The smallest absolute Gasteiger partial charge is 0.317 e. The van der Waals surface area contributed by atoms with E-state index in [-0.39, 0.29) is 12.1 Å². The molecule has 5 heteroatoms. The highest BCUT2D eigenvalue weighted by atomic mass is 16.6. The van der Waals surface area contributed by atoms with Crippen LogP contribution in [0.2, 0.25) is 0 Å². The molecule has 1 heterocycles. The quantitative estimate of drug-likeness (QED) is 0.691. The highest BCUT2D eigenvalue weighted by Gasteiger charge is 2.27. The van der Waals surface area contributed by atoms with Gasteiger partial charge in [-0.05, 0) is 19.3 Å². The highest BCUT2D eigenvalue weighted by molar-refractivity contribution is 5.74. The molecule has 2 fully saturated rings. The molecule has 16 heavy (non-hydrogen) atoms. The van der Waals surface area contributed by atoms with Crippen LogP contribution in [0.25, 0.3) is 0 Å². The Balaban J connectivity index is 1.75. The fourth-order valence-electron chi connectivity index (χ4n) is 2.54. The molecular weight excluding hydrogens is 206 g/mol. The number of hydrogen-bond acceptors (Lipinski definition) is 3. The molecular formula is C11H21N3O2. The van der Waals surface area contributed by atoms with Crippen LogP contribution in [0.4, 0.5) is 4.79 Å². The van der Waals surface area contributed by atoms with Crippen LogP contribution in [-0.4, -0.2) is 36.2 Å². The number of urea groups is 1. The number of carbonyl (C=O) groups excluding carboxylic acids is 1. The van der Waals surface area contributed by atoms with Gasteiger partial charge in [0.25, 0.3) is 0 Å². The van der Waals surface area contributed by atoms with E-state index in [9.17, 15) is 4.79 Å². The second-order valence-electron chi connectivity index (χ2n) is 4.78. The molecule has 0 bridgehead atoms. The largest absolute Gasteiger partial charge is 0.335 e. The zero-order valence-electron chi connectivity index (χ0n) is 9.65. The Morgan fingerprint density at radius 2 is 2.00 bits per heavy atom. The Bertz CT molecular complexity index is 241. The lowest BCUT2D eigenvalue weighted by Crippen LogP contribution is -2.45. The van der Waals surface area contributed by atoms with Gasteiger partial charge in [0.1, 0.15) is 0 Å². The maximum atomic E-state index is 11.9. The summed E-state index contributed by atoms with van der Waals surface area (Å²) in [4.78, 5) is 18.5. The molecule has 0 spiro atoms. The van der Waals surface area contributed by atoms with E-state index >= 15 is 0 Å². The molecule has 1 atom stereocenters. The lowest BCUT2D eigenvalue weighted by Gasteiger charge is -2.25. The normalized spacial score (nSPS) is 27.1. The molecule has 1 unspecified atom stereocenters. The van der Waals surface area contributed by atoms with Crippen molar-refractivity contribution in [1.82, 2.24) is 10.2 Å². The highest BCUT2D eigenvalue weighted by Crippen LogP contribution is 2.18. The van der Waals surface area contributed by atoms with Crippen molar-refractivity contribution in [3.05, 3.63) is 0 Å². The summed E-state index contributed by atoms with van der Waals surface area (Å²) < 4.78 is 0. The van der Waals surface area contributed by atoms with Crippen LogP contribution < -0.4 is 11.2 Å². The molecule has 92 valence electrons. The molecule has 0 radical (unpaired) electrons. The third kappa shape index (κ3) is 2.86. The fourth-order valence-corrected chi connectivity index (χ4v) is 2.54. The van der Waals surface area contributed by atoms with Crippen molar-refractivity contribution < 1.29 is 9.63 Å². The number of carbonyl (C=O) groups is 1. The van der Waals surface area contributed by atoms with E-state index in [1.54, 1.807) is 4.90 Å². The minimum atomic E-state index is 0.0112. The van der Waals surface area contributed by atoms with Gasteiger partial charge in [-0.25, -0.2) is 10.7 Å². The second-order valence-corrected chi connectivity index (χ2v) is 4.78. The summed E-state index contributed by atoms with van der Waals surface area (Å²) in [6.45, 7) is 1.37. The maximum Gasteiger partial charge on any atom is 0.317 e. The molecule has 0 aromatic rings. The van der Waals surface area contributed by atoms with Crippen LogP contribution in [0.1, 0.15) is 38.5 Å². The molecule has 0 aromatic carbocycles. The Labute approximate surface area is 96.3 Å². The number of nitrogens with zero attached hydrogens (tertiary/aromatic N) is 1. The van der Waals surface area contributed by atoms with E-state index in [2.05, 4.69) is 5.32 Å². The second kappa shape index (κ2) is 5.50. The number of amides is 2. The first-order valence-electron chi connectivity index (χ1n) is 6.20. The monoisotopic (exact) mass is 227 g/mol. The van der Waals surface area contributed by atoms with Gasteiger partial charge in [-0.3, -0.25) is 4.84 Å². The molecule has 2 amide bonds. The van der Waals surface area contributed by atoms with Crippen LogP contribution in [0, 0.1) is 0 Å². The van der Waals surface area contributed by atoms with Crippen molar-refractivity contribution in [3.63, 3.8) is 0 Å². The predicted octanol–water partition coefficient (Wildman–Crippen LogP) is 0.993. The summed E-state index contributed by atoms with van der Waals surface area (Å²) in [5, 5.41) is 3.10. The first-order chi connectivity index (χ1) is 7.79. The number of likely N-dealkylation sites (tertiary alicyclic amines) is 1. The Hall–Kier alpha value is -0.810.